The van der Waals surface area contributed by atoms with Gasteiger partial charge in [0.2, 0.25) is 0 Å². The molecule has 0 heterocycles. The molecule has 0 aliphatic heterocycles. The van der Waals surface area contributed by atoms with E-state index < -0.39 is 0 Å². The molecule has 0 spiro atoms. The van der Waals surface area contributed by atoms with Crippen LogP contribution in [-0.2, 0) is 0 Å². The van der Waals surface area contributed by atoms with Crippen LogP contribution in [0.4, 0.5) is 0 Å². The number of rotatable bonds is 5. The number of ether oxygens (including phenoxy) is 1. The van der Waals surface area contributed by atoms with E-state index in [0.717, 1.165) is 12.8 Å². The second-order valence-corrected chi connectivity index (χ2v) is 5.34. The molecule has 112 valence electrons. The minimum absolute atomic E-state index is 0.389. The smallest absolute Gasteiger partial charge is 0.343 e. The highest BCUT2D eigenvalue weighted by molar-refractivity contribution is 5.91. The van der Waals surface area contributed by atoms with Crippen molar-refractivity contribution in [3.63, 3.8) is 0 Å². The lowest BCUT2D eigenvalue weighted by molar-refractivity contribution is 0.0734. The fourth-order valence-corrected chi connectivity index (χ4v) is 2.31. The SMILES string of the molecule is CCCC(C)c1ccc(C(=O)Oc2ccc(C#N)cc2)cc1. The van der Waals surface area contributed by atoms with E-state index in [-0.39, 0.29) is 5.97 Å². The van der Waals surface area contributed by atoms with Crippen molar-refractivity contribution in [2.24, 2.45) is 0 Å². The summed E-state index contributed by atoms with van der Waals surface area (Å²) < 4.78 is 5.30. The van der Waals surface area contributed by atoms with Gasteiger partial charge in [-0.05, 0) is 54.3 Å². The summed E-state index contributed by atoms with van der Waals surface area (Å²) in [5, 5.41) is 8.74. The Kier molecular flexibility index (Phi) is 5.32. The minimum atomic E-state index is -0.389. The lowest BCUT2D eigenvalue weighted by atomic mass is 9.96. The van der Waals surface area contributed by atoms with Crippen molar-refractivity contribution >= 4 is 5.97 Å². The van der Waals surface area contributed by atoms with Crippen LogP contribution in [0, 0.1) is 11.3 Å². The topological polar surface area (TPSA) is 50.1 Å². The summed E-state index contributed by atoms with van der Waals surface area (Å²) in [5.41, 5.74) is 2.29. The molecule has 1 unspecified atom stereocenters. The molecule has 2 aromatic rings. The van der Waals surface area contributed by atoms with Gasteiger partial charge in [-0.3, -0.25) is 0 Å². The minimum Gasteiger partial charge on any atom is -0.423 e. The first kappa shape index (κ1) is 15.8. The van der Waals surface area contributed by atoms with Crippen molar-refractivity contribution in [3.8, 4) is 11.8 Å². The molecular weight excluding hydrogens is 274 g/mol. The molecule has 1 atom stereocenters. The molecule has 0 fully saturated rings. The van der Waals surface area contributed by atoms with Crippen molar-refractivity contribution in [1.82, 2.24) is 0 Å². The Labute approximate surface area is 131 Å². The van der Waals surface area contributed by atoms with Gasteiger partial charge in [0.25, 0.3) is 0 Å². The molecule has 2 rings (SSSR count). The van der Waals surface area contributed by atoms with E-state index in [1.807, 2.05) is 18.2 Å². The van der Waals surface area contributed by atoms with Crippen LogP contribution < -0.4 is 4.74 Å². The van der Waals surface area contributed by atoms with Crippen LogP contribution in [0.2, 0.25) is 0 Å². The summed E-state index contributed by atoms with van der Waals surface area (Å²) in [6.45, 7) is 4.35. The third-order valence-electron chi connectivity index (χ3n) is 3.63. The van der Waals surface area contributed by atoms with E-state index in [1.165, 1.54) is 5.56 Å². The number of carbonyl (C=O) groups excluding carboxylic acids is 1. The Hall–Kier alpha value is -2.60. The van der Waals surface area contributed by atoms with E-state index >= 15 is 0 Å². The van der Waals surface area contributed by atoms with Gasteiger partial charge in [-0.2, -0.15) is 5.26 Å². The largest absolute Gasteiger partial charge is 0.423 e. The van der Waals surface area contributed by atoms with Gasteiger partial charge >= 0.3 is 5.97 Å². The molecule has 0 amide bonds. The van der Waals surface area contributed by atoms with Gasteiger partial charge in [0.1, 0.15) is 5.75 Å². The van der Waals surface area contributed by atoms with Crippen LogP contribution in [-0.4, -0.2) is 5.97 Å². The fraction of sp³-hybridized carbons (Fsp3) is 0.263. The zero-order valence-electron chi connectivity index (χ0n) is 12.9. The van der Waals surface area contributed by atoms with Crippen molar-refractivity contribution in [3.05, 3.63) is 65.2 Å². The molecule has 2 aromatic carbocycles. The van der Waals surface area contributed by atoms with Crippen LogP contribution in [0.15, 0.2) is 48.5 Å². The van der Waals surface area contributed by atoms with Crippen LogP contribution in [0.5, 0.6) is 5.75 Å². The monoisotopic (exact) mass is 293 g/mol. The van der Waals surface area contributed by atoms with E-state index in [1.54, 1.807) is 36.4 Å². The lowest BCUT2D eigenvalue weighted by Crippen LogP contribution is -2.08. The van der Waals surface area contributed by atoms with Gasteiger partial charge in [-0.15, -0.1) is 0 Å². The second kappa shape index (κ2) is 7.42. The quantitative estimate of drug-likeness (QED) is 0.594. The highest BCUT2D eigenvalue weighted by Crippen LogP contribution is 2.21. The molecule has 3 nitrogen and oxygen atoms in total. The zero-order chi connectivity index (χ0) is 15.9. The predicted molar refractivity (Wildman–Crippen MR) is 85.9 cm³/mol. The van der Waals surface area contributed by atoms with Crippen LogP contribution >= 0.6 is 0 Å². The number of benzene rings is 2. The van der Waals surface area contributed by atoms with Gasteiger partial charge in [0.15, 0.2) is 0 Å². The normalized spacial score (nSPS) is 11.5. The third-order valence-corrected chi connectivity index (χ3v) is 3.63. The molecule has 0 saturated heterocycles. The first-order chi connectivity index (χ1) is 10.6. The Balaban J connectivity index is 2.04. The highest BCUT2D eigenvalue weighted by atomic mass is 16.5. The van der Waals surface area contributed by atoms with Crippen molar-refractivity contribution in [1.29, 1.82) is 5.26 Å². The summed E-state index contributed by atoms with van der Waals surface area (Å²) in [6, 6.07) is 16.1. The van der Waals surface area contributed by atoms with Crippen molar-refractivity contribution in [2.75, 3.05) is 0 Å². The maximum Gasteiger partial charge on any atom is 0.343 e. The van der Waals surface area contributed by atoms with Gasteiger partial charge in [-0.1, -0.05) is 32.4 Å². The lowest BCUT2D eigenvalue weighted by Gasteiger charge is -2.11. The first-order valence-corrected chi connectivity index (χ1v) is 7.46. The van der Waals surface area contributed by atoms with Crippen molar-refractivity contribution < 1.29 is 9.53 Å². The molecule has 22 heavy (non-hydrogen) atoms. The van der Waals surface area contributed by atoms with Crippen molar-refractivity contribution in [2.45, 2.75) is 32.6 Å². The van der Waals surface area contributed by atoms with Gasteiger partial charge in [0.05, 0.1) is 17.2 Å². The van der Waals surface area contributed by atoms with E-state index in [0.29, 0.717) is 22.8 Å². The summed E-state index contributed by atoms with van der Waals surface area (Å²) >= 11 is 0. The second-order valence-electron chi connectivity index (χ2n) is 5.34. The Bertz CT molecular complexity index is 666. The van der Waals surface area contributed by atoms with Gasteiger partial charge in [0, 0.05) is 0 Å². The number of esters is 1. The van der Waals surface area contributed by atoms with E-state index in [2.05, 4.69) is 13.8 Å². The van der Waals surface area contributed by atoms with E-state index in [9.17, 15) is 4.79 Å². The van der Waals surface area contributed by atoms with Gasteiger partial charge in [-0.25, -0.2) is 4.79 Å². The number of hydrogen-bond donors (Lipinski definition) is 0. The molecule has 0 aromatic heterocycles. The Morgan fingerprint density at radius 1 is 1.14 bits per heavy atom. The standard InChI is InChI=1S/C19H19NO2/c1-3-4-14(2)16-7-9-17(10-8-16)19(21)22-18-11-5-15(13-20)6-12-18/h5-12,14H,3-4H2,1-2H3. The molecular formula is C19H19NO2. The number of nitriles is 1. The third kappa shape index (κ3) is 3.95. The zero-order valence-corrected chi connectivity index (χ0v) is 12.9. The maximum absolute atomic E-state index is 12.1. The average molecular weight is 293 g/mol. The molecule has 0 radical (unpaired) electrons. The summed E-state index contributed by atoms with van der Waals surface area (Å²) in [5.74, 6) is 0.542. The first-order valence-electron chi connectivity index (χ1n) is 7.46. The molecule has 0 bridgehead atoms. The Morgan fingerprint density at radius 2 is 1.77 bits per heavy atom. The maximum atomic E-state index is 12.1. The molecule has 0 aliphatic rings. The molecule has 0 aliphatic carbocycles. The number of nitrogens with zero attached hydrogens (tertiary/aromatic N) is 1. The van der Waals surface area contributed by atoms with Crippen LogP contribution in [0.1, 0.15) is 54.1 Å². The Morgan fingerprint density at radius 3 is 2.32 bits per heavy atom. The summed E-state index contributed by atoms with van der Waals surface area (Å²) in [6.07, 6.45) is 2.28. The predicted octanol–water partition coefficient (Wildman–Crippen LogP) is 4.68. The highest BCUT2D eigenvalue weighted by Gasteiger charge is 2.10. The number of hydrogen-bond acceptors (Lipinski definition) is 3. The fourth-order valence-electron chi connectivity index (χ4n) is 2.31. The van der Waals surface area contributed by atoms with Gasteiger partial charge < -0.3 is 4.74 Å². The molecule has 0 N–H and O–H groups in total. The van der Waals surface area contributed by atoms with Crippen LogP contribution in [0.25, 0.3) is 0 Å². The van der Waals surface area contributed by atoms with Crippen LogP contribution in [0.3, 0.4) is 0 Å². The average Bonchev–Trinajstić information content (AvgIpc) is 2.56. The summed E-state index contributed by atoms with van der Waals surface area (Å²) in [7, 11) is 0. The summed E-state index contributed by atoms with van der Waals surface area (Å²) in [4.78, 5) is 12.1. The molecule has 0 saturated carbocycles. The molecule has 3 heteroatoms. The number of carbonyl (C=O) groups is 1. The van der Waals surface area contributed by atoms with E-state index in [4.69, 9.17) is 10.00 Å².